The second-order valence-corrected chi connectivity index (χ2v) is 6.27. The van der Waals surface area contributed by atoms with Gasteiger partial charge in [0.15, 0.2) is 9.84 Å². The van der Waals surface area contributed by atoms with Crippen molar-refractivity contribution < 1.29 is 18.6 Å². The lowest BCUT2D eigenvalue weighted by Crippen LogP contribution is -2.08. The molecule has 0 aliphatic rings. The predicted octanol–water partition coefficient (Wildman–Crippen LogP) is 2.15. The van der Waals surface area contributed by atoms with Gasteiger partial charge in [-0.05, 0) is 30.2 Å². The minimum Gasteiger partial charge on any atom is -0.251 e. The highest BCUT2D eigenvalue weighted by molar-refractivity contribution is 9.09. The van der Waals surface area contributed by atoms with E-state index in [1.165, 1.54) is 6.07 Å². The first-order valence-electron chi connectivity index (χ1n) is 4.66. The molecule has 1 aromatic rings. The maximum absolute atomic E-state index is 11.7. The van der Waals surface area contributed by atoms with Crippen LogP contribution in [0.25, 0.3) is 0 Å². The Morgan fingerprint density at radius 3 is 2.62 bits per heavy atom. The number of hydrogen-bond donors (Lipinski definition) is 1. The van der Waals surface area contributed by atoms with Gasteiger partial charge in [0.25, 0.3) is 0 Å². The van der Waals surface area contributed by atoms with E-state index in [1.807, 2.05) is 0 Å². The monoisotopic (exact) mass is 308 g/mol. The summed E-state index contributed by atoms with van der Waals surface area (Å²) in [6.07, 6.45) is 0. The van der Waals surface area contributed by atoms with E-state index in [2.05, 4.69) is 20.8 Å². The van der Waals surface area contributed by atoms with Crippen molar-refractivity contribution in [2.24, 2.45) is 0 Å². The van der Waals surface area contributed by atoms with Gasteiger partial charge in [-0.15, -0.1) is 0 Å². The molecular formula is C10H13BrO4S. The minimum atomic E-state index is -3.21. The van der Waals surface area contributed by atoms with Crippen molar-refractivity contribution in [1.29, 1.82) is 0 Å². The van der Waals surface area contributed by atoms with Crippen molar-refractivity contribution in [2.45, 2.75) is 18.4 Å². The largest absolute Gasteiger partial charge is 0.251 e. The quantitative estimate of drug-likeness (QED) is 0.514. The molecule has 0 aliphatic carbocycles. The Morgan fingerprint density at radius 1 is 1.44 bits per heavy atom. The van der Waals surface area contributed by atoms with E-state index in [0.717, 1.165) is 11.1 Å². The highest BCUT2D eigenvalue weighted by Gasteiger charge is 2.14. The first-order valence-corrected chi connectivity index (χ1v) is 7.43. The highest BCUT2D eigenvalue weighted by Crippen LogP contribution is 2.17. The van der Waals surface area contributed by atoms with Crippen LogP contribution >= 0.6 is 15.9 Å². The van der Waals surface area contributed by atoms with Crippen molar-refractivity contribution in [2.75, 3.05) is 11.1 Å². The van der Waals surface area contributed by atoms with E-state index in [1.54, 1.807) is 19.1 Å². The SMILES string of the molecule is Cc1cc(S(=O)(=O)CCBr)ccc1COO. The molecule has 16 heavy (non-hydrogen) atoms. The molecular weight excluding hydrogens is 296 g/mol. The predicted molar refractivity (Wildman–Crippen MR) is 64.4 cm³/mol. The van der Waals surface area contributed by atoms with Crippen LogP contribution in [-0.2, 0) is 21.3 Å². The lowest BCUT2D eigenvalue weighted by molar-refractivity contribution is -0.253. The zero-order valence-corrected chi connectivity index (χ0v) is 11.2. The molecule has 90 valence electrons. The Kier molecular flexibility index (Phi) is 4.91. The van der Waals surface area contributed by atoms with E-state index >= 15 is 0 Å². The average Bonchev–Trinajstić information content (AvgIpc) is 2.21. The molecule has 0 bridgehead atoms. The number of hydrogen-bond acceptors (Lipinski definition) is 4. The second kappa shape index (κ2) is 5.77. The van der Waals surface area contributed by atoms with Crippen LogP contribution in [-0.4, -0.2) is 24.8 Å². The fourth-order valence-corrected chi connectivity index (χ4v) is 3.66. The number of alkyl halides is 1. The third-order valence-corrected chi connectivity index (χ3v) is 4.87. The molecule has 0 saturated carbocycles. The number of benzene rings is 1. The molecule has 1 rings (SSSR count). The van der Waals surface area contributed by atoms with E-state index in [0.29, 0.717) is 10.2 Å². The topological polar surface area (TPSA) is 63.6 Å². The van der Waals surface area contributed by atoms with Crippen LogP contribution in [0, 0.1) is 6.92 Å². The minimum absolute atomic E-state index is 0.0601. The van der Waals surface area contributed by atoms with Gasteiger partial charge in [-0.3, -0.25) is 5.26 Å². The molecule has 0 unspecified atom stereocenters. The molecule has 0 aromatic heterocycles. The molecule has 0 aliphatic heterocycles. The van der Waals surface area contributed by atoms with Gasteiger partial charge >= 0.3 is 0 Å². The summed E-state index contributed by atoms with van der Waals surface area (Å²) in [5.41, 5.74) is 1.55. The standard InChI is InChI=1S/C10H13BrO4S/c1-8-6-10(16(13,14)5-4-11)3-2-9(8)7-15-12/h2-3,6,12H,4-5,7H2,1H3. The summed E-state index contributed by atoms with van der Waals surface area (Å²) < 4.78 is 23.5. The van der Waals surface area contributed by atoms with Crippen molar-refractivity contribution >= 4 is 25.8 Å². The third kappa shape index (κ3) is 3.28. The average molecular weight is 309 g/mol. The fraction of sp³-hybridized carbons (Fsp3) is 0.400. The van der Waals surface area contributed by atoms with Crippen LogP contribution in [0.1, 0.15) is 11.1 Å². The Labute approximate surface area is 103 Å². The van der Waals surface area contributed by atoms with Crippen LogP contribution < -0.4 is 0 Å². The molecule has 0 amide bonds. The maximum atomic E-state index is 11.7. The summed E-state index contributed by atoms with van der Waals surface area (Å²) >= 11 is 3.11. The van der Waals surface area contributed by atoms with E-state index in [4.69, 9.17) is 5.26 Å². The Bertz CT molecular complexity index is 456. The van der Waals surface area contributed by atoms with Crippen LogP contribution in [0.15, 0.2) is 23.1 Å². The summed E-state index contributed by atoms with van der Waals surface area (Å²) in [6.45, 7) is 1.84. The van der Waals surface area contributed by atoms with Gasteiger partial charge in [0.2, 0.25) is 0 Å². The van der Waals surface area contributed by atoms with Crippen LogP contribution in [0.5, 0.6) is 0 Å². The molecule has 0 saturated heterocycles. The highest BCUT2D eigenvalue weighted by atomic mass is 79.9. The van der Waals surface area contributed by atoms with Crippen molar-refractivity contribution in [3.63, 3.8) is 0 Å². The number of rotatable bonds is 5. The zero-order valence-electron chi connectivity index (χ0n) is 8.81. The van der Waals surface area contributed by atoms with Gasteiger partial charge in [0, 0.05) is 5.33 Å². The number of sulfone groups is 1. The summed E-state index contributed by atoms with van der Waals surface area (Å²) in [7, 11) is -3.21. The van der Waals surface area contributed by atoms with Gasteiger partial charge in [0.1, 0.15) is 6.61 Å². The smallest absolute Gasteiger partial charge is 0.179 e. The zero-order chi connectivity index (χ0) is 12.2. The van der Waals surface area contributed by atoms with Gasteiger partial charge in [-0.1, -0.05) is 22.0 Å². The summed E-state index contributed by atoms with van der Waals surface area (Å²) in [5.74, 6) is 0.0717. The normalized spacial score (nSPS) is 11.7. The van der Waals surface area contributed by atoms with Gasteiger partial charge in [-0.2, -0.15) is 0 Å². The van der Waals surface area contributed by atoms with Crippen LogP contribution in [0.3, 0.4) is 0 Å². The van der Waals surface area contributed by atoms with Crippen molar-refractivity contribution in [3.05, 3.63) is 29.3 Å². The Hall–Kier alpha value is -0.430. The van der Waals surface area contributed by atoms with Crippen molar-refractivity contribution in [1.82, 2.24) is 0 Å². The second-order valence-electron chi connectivity index (χ2n) is 3.37. The molecule has 1 aromatic carbocycles. The number of halogens is 1. The maximum Gasteiger partial charge on any atom is 0.179 e. The lowest BCUT2D eigenvalue weighted by atomic mass is 10.1. The van der Waals surface area contributed by atoms with E-state index in [-0.39, 0.29) is 12.4 Å². The van der Waals surface area contributed by atoms with Crippen molar-refractivity contribution in [3.8, 4) is 0 Å². The van der Waals surface area contributed by atoms with Crippen LogP contribution in [0.2, 0.25) is 0 Å². The van der Waals surface area contributed by atoms with Gasteiger partial charge in [-0.25, -0.2) is 13.3 Å². The summed E-state index contributed by atoms with van der Waals surface area (Å²) in [5, 5.41) is 8.75. The van der Waals surface area contributed by atoms with E-state index in [9.17, 15) is 8.42 Å². The Morgan fingerprint density at radius 2 is 2.12 bits per heavy atom. The molecule has 0 heterocycles. The first-order chi connectivity index (χ1) is 7.51. The third-order valence-electron chi connectivity index (χ3n) is 2.24. The molecule has 0 fully saturated rings. The molecule has 6 heteroatoms. The first kappa shape index (κ1) is 13.6. The molecule has 0 spiro atoms. The lowest BCUT2D eigenvalue weighted by Gasteiger charge is -2.07. The molecule has 4 nitrogen and oxygen atoms in total. The van der Waals surface area contributed by atoms with E-state index < -0.39 is 9.84 Å². The van der Waals surface area contributed by atoms with Gasteiger partial charge in [0.05, 0.1) is 10.6 Å². The summed E-state index contributed by atoms with van der Waals surface area (Å²) in [6, 6.07) is 4.76. The summed E-state index contributed by atoms with van der Waals surface area (Å²) in [4.78, 5) is 4.32. The Balaban J connectivity index is 3.06. The molecule has 0 atom stereocenters. The molecule has 0 radical (unpaired) electrons. The van der Waals surface area contributed by atoms with Gasteiger partial charge < -0.3 is 0 Å². The van der Waals surface area contributed by atoms with Crippen LogP contribution in [0.4, 0.5) is 0 Å². The molecule has 1 N–H and O–H groups in total. The fourth-order valence-electron chi connectivity index (χ4n) is 1.31. The number of aryl methyl sites for hydroxylation is 1.